The van der Waals surface area contributed by atoms with Gasteiger partial charge in [0.15, 0.2) is 0 Å². The van der Waals surface area contributed by atoms with E-state index in [0.29, 0.717) is 17.8 Å². The zero-order valence-corrected chi connectivity index (χ0v) is 16.3. The van der Waals surface area contributed by atoms with Gasteiger partial charge in [0, 0.05) is 34.9 Å². The van der Waals surface area contributed by atoms with Gasteiger partial charge in [-0.1, -0.05) is 26.0 Å². The molecular formula is C21H26N4O3. The summed E-state index contributed by atoms with van der Waals surface area (Å²) >= 11 is 0. The summed E-state index contributed by atoms with van der Waals surface area (Å²) in [7, 11) is 0. The molecule has 0 heterocycles. The predicted octanol–water partition coefficient (Wildman–Crippen LogP) is 3.39. The van der Waals surface area contributed by atoms with Gasteiger partial charge in [-0.25, -0.2) is 0 Å². The van der Waals surface area contributed by atoms with Gasteiger partial charge in [0.2, 0.25) is 6.41 Å². The Morgan fingerprint density at radius 1 is 1.32 bits per heavy atom. The van der Waals surface area contributed by atoms with Crippen LogP contribution in [0.15, 0.2) is 36.4 Å². The van der Waals surface area contributed by atoms with Crippen molar-refractivity contribution in [1.82, 2.24) is 4.90 Å². The number of nitrogens with zero attached hydrogens (tertiary/aromatic N) is 1. The first-order valence-electron chi connectivity index (χ1n) is 8.98. The summed E-state index contributed by atoms with van der Waals surface area (Å²) in [6, 6.07) is 11.1. The molecule has 0 saturated carbocycles. The molecule has 148 valence electrons. The SMILES string of the molecule is Cc1c(CN(C=O)CC(=O)O)cccc1Nc1ccc(C(=N)C(C)C)c(N)c1. The van der Waals surface area contributed by atoms with Crippen LogP contribution >= 0.6 is 0 Å². The molecule has 2 aromatic rings. The Hall–Kier alpha value is -3.35. The van der Waals surface area contributed by atoms with Crippen molar-refractivity contribution in [2.45, 2.75) is 27.3 Å². The third-order valence-electron chi connectivity index (χ3n) is 4.50. The van der Waals surface area contributed by atoms with Crippen molar-refractivity contribution in [2.75, 3.05) is 17.6 Å². The summed E-state index contributed by atoms with van der Waals surface area (Å²) in [5.74, 6) is -0.965. The Labute approximate surface area is 164 Å². The Bertz CT molecular complexity index is 893. The highest BCUT2D eigenvalue weighted by atomic mass is 16.4. The highest BCUT2D eigenvalue weighted by Gasteiger charge is 2.13. The number of benzene rings is 2. The number of nitrogens with one attached hydrogen (secondary N) is 2. The highest BCUT2D eigenvalue weighted by molar-refractivity contribution is 6.04. The van der Waals surface area contributed by atoms with Crippen LogP contribution in [0.25, 0.3) is 0 Å². The number of amides is 1. The molecule has 0 spiro atoms. The number of aliphatic carboxylic acids is 1. The Kier molecular flexibility index (Phi) is 6.76. The van der Waals surface area contributed by atoms with Crippen molar-refractivity contribution in [2.24, 2.45) is 5.92 Å². The summed E-state index contributed by atoms with van der Waals surface area (Å²) in [5.41, 5.74) is 11.3. The second-order valence-electron chi connectivity index (χ2n) is 6.99. The number of hydrogen-bond donors (Lipinski definition) is 4. The van der Waals surface area contributed by atoms with Crippen molar-refractivity contribution in [3.8, 4) is 0 Å². The van der Waals surface area contributed by atoms with Crippen LogP contribution in [0, 0.1) is 18.3 Å². The van der Waals surface area contributed by atoms with Crippen LogP contribution in [0.4, 0.5) is 17.1 Å². The third kappa shape index (κ3) is 5.09. The average molecular weight is 382 g/mol. The number of carbonyl (C=O) groups is 2. The topological polar surface area (TPSA) is 120 Å². The van der Waals surface area contributed by atoms with Gasteiger partial charge in [0.05, 0.1) is 0 Å². The zero-order chi connectivity index (χ0) is 20.8. The van der Waals surface area contributed by atoms with E-state index in [1.807, 2.05) is 51.1 Å². The van der Waals surface area contributed by atoms with Gasteiger partial charge < -0.3 is 26.5 Å². The van der Waals surface area contributed by atoms with Crippen LogP contribution in [0.3, 0.4) is 0 Å². The van der Waals surface area contributed by atoms with Gasteiger partial charge >= 0.3 is 5.97 Å². The first-order valence-corrected chi connectivity index (χ1v) is 8.98. The van der Waals surface area contributed by atoms with E-state index in [1.165, 1.54) is 4.90 Å². The lowest BCUT2D eigenvalue weighted by atomic mass is 9.98. The minimum absolute atomic E-state index is 0.0894. The van der Waals surface area contributed by atoms with Crippen LogP contribution in [0.1, 0.15) is 30.5 Å². The van der Waals surface area contributed by atoms with Crippen LogP contribution in [-0.2, 0) is 16.1 Å². The molecule has 0 fully saturated rings. The number of carboxylic acids is 1. The van der Waals surface area contributed by atoms with E-state index in [0.717, 1.165) is 28.1 Å². The van der Waals surface area contributed by atoms with E-state index in [-0.39, 0.29) is 19.0 Å². The van der Waals surface area contributed by atoms with Crippen molar-refractivity contribution in [3.63, 3.8) is 0 Å². The minimum atomic E-state index is -1.05. The molecule has 7 nitrogen and oxygen atoms in total. The van der Waals surface area contributed by atoms with E-state index >= 15 is 0 Å². The third-order valence-corrected chi connectivity index (χ3v) is 4.50. The molecule has 0 bridgehead atoms. The lowest BCUT2D eigenvalue weighted by Crippen LogP contribution is -2.28. The molecule has 0 unspecified atom stereocenters. The number of anilines is 3. The molecule has 28 heavy (non-hydrogen) atoms. The molecule has 5 N–H and O–H groups in total. The van der Waals surface area contributed by atoms with Crippen LogP contribution in [-0.4, -0.2) is 34.6 Å². The predicted molar refractivity (Wildman–Crippen MR) is 111 cm³/mol. The monoisotopic (exact) mass is 382 g/mol. The summed E-state index contributed by atoms with van der Waals surface area (Å²) in [6.45, 7) is 5.68. The smallest absolute Gasteiger partial charge is 0.323 e. The van der Waals surface area contributed by atoms with Crippen LogP contribution < -0.4 is 11.1 Å². The second kappa shape index (κ2) is 9.03. The van der Waals surface area contributed by atoms with Gasteiger partial charge in [-0.2, -0.15) is 0 Å². The van der Waals surface area contributed by atoms with Gasteiger partial charge in [0.25, 0.3) is 0 Å². The number of carboxylic acid groups (broad SMARTS) is 1. The van der Waals surface area contributed by atoms with Crippen LogP contribution in [0.2, 0.25) is 0 Å². The number of nitrogen functional groups attached to an aromatic ring is 1. The van der Waals surface area contributed by atoms with E-state index in [1.54, 1.807) is 6.07 Å². The largest absolute Gasteiger partial charge is 0.480 e. The highest BCUT2D eigenvalue weighted by Crippen LogP contribution is 2.27. The Morgan fingerprint density at radius 3 is 2.61 bits per heavy atom. The number of carbonyl (C=O) groups excluding carboxylic acids is 1. The molecule has 7 heteroatoms. The fraction of sp³-hybridized carbons (Fsp3) is 0.286. The zero-order valence-electron chi connectivity index (χ0n) is 16.3. The van der Waals surface area contributed by atoms with Crippen molar-refractivity contribution < 1.29 is 14.7 Å². The molecule has 0 aliphatic heterocycles. The Balaban J connectivity index is 2.23. The lowest BCUT2D eigenvalue weighted by molar-refractivity contribution is -0.141. The van der Waals surface area contributed by atoms with Crippen molar-refractivity contribution >= 4 is 35.2 Å². The standard InChI is InChI=1S/C21H26N4O3/c1-13(2)21(23)17-8-7-16(9-18(17)22)24-19-6-4-5-15(14(19)3)10-25(12-26)11-20(27)28/h4-9,12-13,23-24H,10-11,22H2,1-3H3,(H,27,28). The summed E-state index contributed by atoms with van der Waals surface area (Å²) < 4.78 is 0. The maximum absolute atomic E-state index is 11.1. The molecule has 0 aromatic heterocycles. The molecule has 0 aliphatic rings. The number of hydrogen-bond acceptors (Lipinski definition) is 5. The lowest BCUT2D eigenvalue weighted by Gasteiger charge is -2.19. The van der Waals surface area contributed by atoms with E-state index < -0.39 is 5.97 Å². The van der Waals surface area contributed by atoms with Crippen molar-refractivity contribution in [1.29, 1.82) is 5.41 Å². The van der Waals surface area contributed by atoms with Gasteiger partial charge in [-0.3, -0.25) is 9.59 Å². The summed E-state index contributed by atoms with van der Waals surface area (Å²) in [5, 5.41) is 20.3. The molecule has 1 amide bonds. The maximum atomic E-state index is 11.1. The van der Waals surface area contributed by atoms with E-state index in [4.69, 9.17) is 16.2 Å². The minimum Gasteiger partial charge on any atom is -0.480 e. The molecule has 0 saturated heterocycles. The fourth-order valence-electron chi connectivity index (χ4n) is 2.87. The van der Waals surface area contributed by atoms with E-state index in [9.17, 15) is 9.59 Å². The van der Waals surface area contributed by atoms with Gasteiger partial charge in [-0.05, 0) is 48.2 Å². The summed E-state index contributed by atoms with van der Waals surface area (Å²) in [4.78, 5) is 23.2. The molecule has 2 rings (SSSR count). The van der Waals surface area contributed by atoms with Gasteiger partial charge in [-0.15, -0.1) is 0 Å². The molecule has 0 radical (unpaired) electrons. The average Bonchev–Trinajstić information content (AvgIpc) is 2.63. The van der Waals surface area contributed by atoms with Crippen molar-refractivity contribution in [3.05, 3.63) is 53.1 Å². The fourth-order valence-corrected chi connectivity index (χ4v) is 2.87. The number of rotatable bonds is 9. The maximum Gasteiger partial charge on any atom is 0.323 e. The first kappa shape index (κ1) is 21.0. The Morgan fingerprint density at radius 2 is 2.04 bits per heavy atom. The quantitative estimate of drug-likeness (QED) is 0.301. The molecule has 0 aliphatic carbocycles. The second-order valence-corrected chi connectivity index (χ2v) is 6.99. The summed E-state index contributed by atoms with van der Waals surface area (Å²) in [6.07, 6.45) is 0.538. The normalized spacial score (nSPS) is 10.6. The molecule has 0 atom stereocenters. The van der Waals surface area contributed by atoms with E-state index in [2.05, 4.69) is 5.32 Å². The van der Waals surface area contributed by atoms with Crippen LogP contribution in [0.5, 0.6) is 0 Å². The first-order chi connectivity index (χ1) is 13.2. The number of nitrogens with two attached hydrogens (primary N) is 1. The molecular weight excluding hydrogens is 356 g/mol. The molecule has 2 aromatic carbocycles. The van der Waals surface area contributed by atoms with Gasteiger partial charge in [0.1, 0.15) is 6.54 Å².